The highest BCUT2D eigenvalue weighted by Crippen LogP contribution is 2.41. The van der Waals surface area contributed by atoms with E-state index in [1.807, 2.05) is 23.9 Å². The van der Waals surface area contributed by atoms with E-state index >= 15 is 0 Å². The second kappa shape index (κ2) is 9.33. The summed E-state index contributed by atoms with van der Waals surface area (Å²) < 4.78 is 6.81. The number of benzene rings is 3. The van der Waals surface area contributed by atoms with Crippen molar-refractivity contribution in [3.8, 4) is 16.9 Å². The first-order valence-corrected chi connectivity index (χ1v) is 11.8. The Morgan fingerprint density at radius 3 is 2.38 bits per heavy atom. The Kier molecular flexibility index (Phi) is 6.37. The summed E-state index contributed by atoms with van der Waals surface area (Å²) in [7, 11) is 1.71. The van der Waals surface area contributed by atoms with E-state index in [-0.39, 0.29) is 0 Å². The second-order valence-electron chi connectivity index (χ2n) is 6.76. The molecule has 0 saturated carbocycles. The SMILES string of the molecule is COc1ccc(-c2ccccc2)c2sc(N(CCSC)Cc3ccccc3)nc12. The molecule has 1 aromatic heterocycles. The predicted octanol–water partition coefficient (Wildman–Crippen LogP) is 6.34. The highest BCUT2D eigenvalue weighted by atomic mass is 32.2. The van der Waals surface area contributed by atoms with E-state index in [4.69, 9.17) is 9.72 Å². The summed E-state index contributed by atoms with van der Waals surface area (Å²) in [6.45, 7) is 1.81. The third-order valence-corrected chi connectivity index (χ3v) is 6.59. The van der Waals surface area contributed by atoms with Gasteiger partial charge < -0.3 is 9.64 Å². The fourth-order valence-electron chi connectivity index (χ4n) is 3.36. The maximum Gasteiger partial charge on any atom is 0.186 e. The van der Waals surface area contributed by atoms with Crippen LogP contribution in [0.25, 0.3) is 21.3 Å². The van der Waals surface area contributed by atoms with Crippen molar-refractivity contribution in [1.29, 1.82) is 0 Å². The van der Waals surface area contributed by atoms with E-state index in [0.29, 0.717) is 0 Å². The van der Waals surface area contributed by atoms with Crippen molar-refractivity contribution in [3.63, 3.8) is 0 Å². The topological polar surface area (TPSA) is 25.4 Å². The van der Waals surface area contributed by atoms with Gasteiger partial charge in [-0.2, -0.15) is 11.8 Å². The lowest BCUT2D eigenvalue weighted by Gasteiger charge is -2.21. The van der Waals surface area contributed by atoms with E-state index in [1.54, 1.807) is 18.4 Å². The van der Waals surface area contributed by atoms with Gasteiger partial charge in [-0.3, -0.25) is 0 Å². The summed E-state index contributed by atoms with van der Waals surface area (Å²) in [5.41, 5.74) is 4.64. The molecular formula is C24H24N2OS2. The molecule has 3 nitrogen and oxygen atoms in total. The molecule has 0 spiro atoms. The molecule has 0 aliphatic rings. The van der Waals surface area contributed by atoms with Crippen LogP contribution < -0.4 is 9.64 Å². The summed E-state index contributed by atoms with van der Waals surface area (Å²) in [6, 6.07) is 25.3. The lowest BCUT2D eigenvalue weighted by molar-refractivity contribution is 0.419. The third kappa shape index (κ3) is 4.41. The van der Waals surface area contributed by atoms with Gasteiger partial charge in [0.15, 0.2) is 5.13 Å². The van der Waals surface area contributed by atoms with Gasteiger partial charge in [-0.05, 0) is 29.5 Å². The van der Waals surface area contributed by atoms with Gasteiger partial charge in [0.1, 0.15) is 11.3 Å². The number of anilines is 1. The molecule has 0 atom stereocenters. The number of ether oxygens (including phenoxy) is 1. The van der Waals surface area contributed by atoms with Gasteiger partial charge in [-0.25, -0.2) is 4.98 Å². The number of fused-ring (bicyclic) bond motifs is 1. The van der Waals surface area contributed by atoms with E-state index in [1.165, 1.54) is 21.4 Å². The van der Waals surface area contributed by atoms with Gasteiger partial charge >= 0.3 is 0 Å². The number of nitrogens with zero attached hydrogens (tertiary/aromatic N) is 2. The molecule has 0 bridgehead atoms. The molecule has 29 heavy (non-hydrogen) atoms. The van der Waals surface area contributed by atoms with Crippen molar-refractivity contribution in [3.05, 3.63) is 78.4 Å². The van der Waals surface area contributed by atoms with Crippen LogP contribution in [-0.4, -0.2) is 30.6 Å². The maximum atomic E-state index is 5.63. The molecule has 0 aliphatic carbocycles. The normalized spacial score (nSPS) is 11.0. The van der Waals surface area contributed by atoms with Crippen molar-refractivity contribution in [1.82, 2.24) is 4.98 Å². The number of hydrogen-bond acceptors (Lipinski definition) is 5. The average Bonchev–Trinajstić information content (AvgIpc) is 3.22. The Morgan fingerprint density at radius 1 is 0.966 bits per heavy atom. The van der Waals surface area contributed by atoms with E-state index in [2.05, 4.69) is 71.8 Å². The smallest absolute Gasteiger partial charge is 0.186 e. The average molecular weight is 421 g/mol. The summed E-state index contributed by atoms with van der Waals surface area (Å²) in [5.74, 6) is 1.89. The minimum Gasteiger partial charge on any atom is -0.494 e. The molecule has 148 valence electrons. The molecule has 4 rings (SSSR count). The van der Waals surface area contributed by atoms with Gasteiger partial charge in [0.05, 0.1) is 11.8 Å². The predicted molar refractivity (Wildman–Crippen MR) is 127 cm³/mol. The summed E-state index contributed by atoms with van der Waals surface area (Å²) in [6.07, 6.45) is 2.15. The number of thioether (sulfide) groups is 1. The van der Waals surface area contributed by atoms with Gasteiger partial charge in [-0.1, -0.05) is 72.0 Å². The third-order valence-electron chi connectivity index (χ3n) is 4.85. The maximum absolute atomic E-state index is 5.63. The first kappa shape index (κ1) is 19.8. The lowest BCUT2D eigenvalue weighted by atomic mass is 10.1. The zero-order chi connectivity index (χ0) is 20.1. The van der Waals surface area contributed by atoms with E-state index in [9.17, 15) is 0 Å². The molecule has 5 heteroatoms. The van der Waals surface area contributed by atoms with Crippen LogP contribution in [0.2, 0.25) is 0 Å². The van der Waals surface area contributed by atoms with Crippen LogP contribution in [0.3, 0.4) is 0 Å². The highest BCUT2D eigenvalue weighted by Gasteiger charge is 2.18. The minimum absolute atomic E-state index is 0.826. The van der Waals surface area contributed by atoms with Crippen LogP contribution in [0.1, 0.15) is 5.56 Å². The van der Waals surface area contributed by atoms with Crippen LogP contribution in [0, 0.1) is 0 Å². The Balaban J connectivity index is 1.79. The Morgan fingerprint density at radius 2 is 1.69 bits per heavy atom. The second-order valence-corrected chi connectivity index (χ2v) is 8.72. The fraction of sp³-hybridized carbons (Fsp3) is 0.208. The molecule has 3 aromatic carbocycles. The molecule has 1 heterocycles. The van der Waals surface area contributed by atoms with Crippen LogP contribution in [0.5, 0.6) is 5.75 Å². The molecule has 0 aliphatic heterocycles. The van der Waals surface area contributed by atoms with Crippen molar-refractivity contribution in [2.75, 3.05) is 30.6 Å². The standard InChI is InChI=1S/C24H24N2OS2/c1-27-21-14-13-20(19-11-7-4-8-12-19)23-22(21)25-24(29-23)26(15-16-28-2)17-18-9-5-3-6-10-18/h3-14H,15-17H2,1-2H3. The highest BCUT2D eigenvalue weighted by molar-refractivity contribution is 7.98. The quantitative estimate of drug-likeness (QED) is 0.332. The zero-order valence-corrected chi connectivity index (χ0v) is 18.3. The molecular weight excluding hydrogens is 396 g/mol. The van der Waals surface area contributed by atoms with Gasteiger partial charge in [0.2, 0.25) is 0 Å². The number of aromatic nitrogens is 1. The van der Waals surface area contributed by atoms with Crippen molar-refractivity contribution in [2.24, 2.45) is 0 Å². The fourth-order valence-corrected chi connectivity index (χ4v) is 4.91. The molecule has 0 N–H and O–H groups in total. The number of thiazole rings is 1. The van der Waals surface area contributed by atoms with E-state index in [0.717, 1.165) is 35.2 Å². The summed E-state index contributed by atoms with van der Waals surface area (Å²) in [4.78, 5) is 7.41. The number of rotatable bonds is 8. The summed E-state index contributed by atoms with van der Waals surface area (Å²) >= 11 is 3.61. The number of hydrogen-bond donors (Lipinski definition) is 0. The van der Waals surface area contributed by atoms with Gasteiger partial charge in [-0.15, -0.1) is 0 Å². The Hall–Kier alpha value is -2.50. The van der Waals surface area contributed by atoms with Crippen molar-refractivity contribution >= 4 is 38.4 Å². The molecule has 0 radical (unpaired) electrons. The van der Waals surface area contributed by atoms with Crippen LogP contribution in [-0.2, 0) is 6.54 Å². The van der Waals surface area contributed by atoms with E-state index < -0.39 is 0 Å². The zero-order valence-electron chi connectivity index (χ0n) is 16.7. The monoisotopic (exact) mass is 420 g/mol. The molecule has 0 fully saturated rings. The van der Waals surface area contributed by atoms with Crippen molar-refractivity contribution in [2.45, 2.75) is 6.54 Å². The van der Waals surface area contributed by atoms with Crippen LogP contribution in [0.4, 0.5) is 5.13 Å². The molecule has 4 aromatic rings. The Bertz CT molecular complexity index is 1060. The van der Waals surface area contributed by atoms with Gasteiger partial charge in [0.25, 0.3) is 0 Å². The number of methoxy groups -OCH3 is 1. The van der Waals surface area contributed by atoms with Crippen LogP contribution in [0.15, 0.2) is 72.8 Å². The van der Waals surface area contributed by atoms with Gasteiger partial charge in [0, 0.05) is 24.4 Å². The largest absolute Gasteiger partial charge is 0.494 e. The molecule has 0 amide bonds. The molecule has 0 unspecified atom stereocenters. The lowest BCUT2D eigenvalue weighted by Crippen LogP contribution is -2.25. The Labute approximate surface area is 180 Å². The minimum atomic E-state index is 0.826. The summed E-state index contributed by atoms with van der Waals surface area (Å²) in [5, 5.41) is 1.04. The molecule has 0 saturated heterocycles. The first-order chi connectivity index (χ1) is 14.3. The first-order valence-electron chi connectivity index (χ1n) is 9.61. The van der Waals surface area contributed by atoms with Crippen LogP contribution >= 0.6 is 23.1 Å². The van der Waals surface area contributed by atoms with Crippen molar-refractivity contribution < 1.29 is 4.74 Å².